The van der Waals surface area contributed by atoms with Crippen LogP contribution >= 0.6 is 0 Å². The average Bonchev–Trinajstić information content (AvgIpc) is 2.77. The quantitative estimate of drug-likeness (QED) is 0.693. The molecule has 1 aliphatic heterocycles. The fourth-order valence-corrected chi connectivity index (χ4v) is 3.77. The molecule has 2 heterocycles. The van der Waals surface area contributed by atoms with Crippen LogP contribution in [0.3, 0.4) is 0 Å². The van der Waals surface area contributed by atoms with Crippen LogP contribution in [-0.2, 0) is 4.79 Å². The van der Waals surface area contributed by atoms with Crippen molar-refractivity contribution in [3.63, 3.8) is 0 Å². The van der Waals surface area contributed by atoms with E-state index in [9.17, 15) is 15.0 Å². The number of para-hydroxylation sites is 1. The SMILES string of the molecule is CC[C@@H](O)C(=O)N1CCN(c2nc(-c3ccccc3O)nc3cc(C)ccc23)CC1. The molecule has 0 aliphatic carbocycles. The van der Waals surface area contributed by atoms with Crippen LogP contribution in [0.25, 0.3) is 22.3 Å². The Bertz CT molecular complexity index is 1080. The van der Waals surface area contributed by atoms with Crippen molar-refractivity contribution in [2.45, 2.75) is 26.4 Å². The molecule has 0 radical (unpaired) electrons. The number of aryl methyl sites for hydroxylation is 1. The van der Waals surface area contributed by atoms with Crippen LogP contribution in [0.2, 0.25) is 0 Å². The predicted octanol–water partition coefficient (Wildman–Crippen LogP) is 2.73. The Morgan fingerprint density at radius 2 is 1.83 bits per heavy atom. The van der Waals surface area contributed by atoms with Crippen molar-refractivity contribution in [1.29, 1.82) is 0 Å². The lowest BCUT2D eigenvalue weighted by Crippen LogP contribution is -2.51. The number of carbonyl (C=O) groups is 1. The Morgan fingerprint density at radius 1 is 1.10 bits per heavy atom. The summed E-state index contributed by atoms with van der Waals surface area (Å²) in [6.45, 7) is 6.10. The number of carbonyl (C=O) groups excluding carboxylic acids is 1. The highest BCUT2D eigenvalue weighted by molar-refractivity contribution is 5.92. The number of rotatable bonds is 4. The first-order valence-corrected chi connectivity index (χ1v) is 10.3. The van der Waals surface area contributed by atoms with Crippen molar-refractivity contribution in [3.05, 3.63) is 48.0 Å². The molecule has 3 aromatic rings. The minimum absolute atomic E-state index is 0.138. The molecular formula is C23H26N4O3. The molecule has 0 bridgehead atoms. The summed E-state index contributed by atoms with van der Waals surface area (Å²) in [6.07, 6.45) is -0.522. The fraction of sp³-hybridized carbons (Fsp3) is 0.348. The number of aromatic hydroxyl groups is 1. The zero-order valence-electron chi connectivity index (χ0n) is 17.2. The number of aliphatic hydroxyl groups is 1. The van der Waals surface area contributed by atoms with Crippen molar-refractivity contribution >= 4 is 22.6 Å². The molecule has 7 heteroatoms. The van der Waals surface area contributed by atoms with Gasteiger partial charge < -0.3 is 20.0 Å². The fourth-order valence-electron chi connectivity index (χ4n) is 3.77. The molecule has 1 atom stereocenters. The van der Waals surface area contributed by atoms with Gasteiger partial charge in [0.15, 0.2) is 5.82 Å². The number of phenols is 1. The highest BCUT2D eigenvalue weighted by atomic mass is 16.3. The Morgan fingerprint density at radius 3 is 2.53 bits per heavy atom. The van der Waals surface area contributed by atoms with E-state index in [1.165, 1.54) is 0 Å². The first-order chi connectivity index (χ1) is 14.5. The number of benzene rings is 2. The third-order valence-corrected chi connectivity index (χ3v) is 5.54. The van der Waals surface area contributed by atoms with Crippen LogP contribution in [0.1, 0.15) is 18.9 Å². The third kappa shape index (κ3) is 3.80. The summed E-state index contributed by atoms with van der Waals surface area (Å²) >= 11 is 0. The van der Waals surface area contributed by atoms with Gasteiger partial charge in [-0.25, -0.2) is 9.97 Å². The first kappa shape index (κ1) is 20.1. The maximum Gasteiger partial charge on any atom is 0.251 e. The van der Waals surface area contributed by atoms with Crippen molar-refractivity contribution in [3.8, 4) is 17.1 Å². The number of anilines is 1. The predicted molar refractivity (Wildman–Crippen MR) is 116 cm³/mol. The molecule has 2 N–H and O–H groups in total. The first-order valence-electron chi connectivity index (χ1n) is 10.3. The number of nitrogens with zero attached hydrogens (tertiary/aromatic N) is 4. The number of aromatic nitrogens is 2. The summed E-state index contributed by atoms with van der Waals surface area (Å²) in [5.74, 6) is 1.19. The Kier molecular flexibility index (Phi) is 5.55. The molecule has 1 aliphatic rings. The number of piperazine rings is 1. The van der Waals surface area contributed by atoms with Gasteiger partial charge in [0, 0.05) is 31.6 Å². The molecule has 1 aromatic heterocycles. The normalized spacial score (nSPS) is 15.4. The molecule has 1 saturated heterocycles. The summed E-state index contributed by atoms with van der Waals surface area (Å²) in [4.78, 5) is 25.7. The maximum absolute atomic E-state index is 12.3. The van der Waals surface area contributed by atoms with Crippen LogP contribution in [0.4, 0.5) is 5.82 Å². The lowest BCUT2D eigenvalue weighted by Gasteiger charge is -2.36. The van der Waals surface area contributed by atoms with E-state index < -0.39 is 6.10 Å². The van der Waals surface area contributed by atoms with Gasteiger partial charge in [-0.3, -0.25) is 4.79 Å². The number of fused-ring (bicyclic) bond motifs is 1. The van der Waals surface area contributed by atoms with E-state index in [0.717, 1.165) is 22.3 Å². The molecule has 1 fully saturated rings. The van der Waals surface area contributed by atoms with Gasteiger partial charge >= 0.3 is 0 Å². The van der Waals surface area contributed by atoms with Gasteiger partial charge in [-0.05, 0) is 43.2 Å². The van der Waals surface area contributed by atoms with Crippen molar-refractivity contribution in [2.24, 2.45) is 0 Å². The smallest absolute Gasteiger partial charge is 0.251 e. The third-order valence-electron chi connectivity index (χ3n) is 5.54. The zero-order valence-corrected chi connectivity index (χ0v) is 17.2. The molecular weight excluding hydrogens is 380 g/mol. The molecule has 0 unspecified atom stereocenters. The van der Waals surface area contributed by atoms with Crippen LogP contribution in [0.5, 0.6) is 5.75 Å². The minimum atomic E-state index is -0.938. The van der Waals surface area contributed by atoms with Gasteiger partial charge in [0.05, 0.1) is 11.1 Å². The highest BCUT2D eigenvalue weighted by Gasteiger charge is 2.27. The Hall–Kier alpha value is -3.19. The van der Waals surface area contributed by atoms with Gasteiger partial charge in [-0.2, -0.15) is 0 Å². The van der Waals surface area contributed by atoms with Crippen LogP contribution in [0.15, 0.2) is 42.5 Å². The number of aliphatic hydroxyl groups excluding tert-OH is 1. The second-order valence-electron chi connectivity index (χ2n) is 7.64. The van der Waals surface area contributed by atoms with Gasteiger partial charge in [0.25, 0.3) is 5.91 Å². The molecule has 156 valence electrons. The van der Waals surface area contributed by atoms with E-state index in [0.29, 0.717) is 44.0 Å². The summed E-state index contributed by atoms with van der Waals surface area (Å²) in [7, 11) is 0. The second kappa shape index (κ2) is 8.28. The molecule has 0 saturated carbocycles. The summed E-state index contributed by atoms with van der Waals surface area (Å²) in [5.41, 5.74) is 2.50. The van der Waals surface area contributed by atoms with Crippen molar-refractivity contribution < 1.29 is 15.0 Å². The topological polar surface area (TPSA) is 89.8 Å². The van der Waals surface area contributed by atoms with Crippen molar-refractivity contribution in [1.82, 2.24) is 14.9 Å². The zero-order chi connectivity index (χ0) is 21.3. The Balaban J connectivity index is 1.70. The number of hydrogen-bond acceptors (Lipinski definition) is 6. The standard InChI is InChI=1S/C23H26N4O3/c1-3-19(28)23(30)27-12-10-26(11-13-27)22-16-9-8-15(2)14-18(16)24-21(25-22)17-6-4-5-7-20(17)29/h4-9,14,19,28-29H,3,10-13H2,1-2H3/t19-/m1/s1. The number of hydrogen-bond donors (Lipinski definition) is 2. The van der Waals surface area contributed by atoms with E-state index in [4.69, 9.17) is 9.97 Å². The van der Waals surface area contributed by atoms with Crippen LogP contribution < -0.4 is 4.90 Å². The van der Waals surface area contributed by atoms with E-state index in [2.05, 4.69) is 4.90 Å². The molecule has 30 heavy (non-hydrogen) atoms. The van der Waals surface area contributed by atoms with E-state index in [-0.39, 0.29) is 11.7 Å². The molecule has 7 nitrogen and oxygen atoms in total. The van der Waals surface area contributed by atoms with Crippen LogP contribution in [0, 0.1) is 6.92 Å². The Labute approximate surface area is 175 Å². The average molecular weight is 406 g/mol. The maximum atomic E-state index is 12.3. The second-order valence-corrected chi connectivity index (χ2v) is 7.64. The van der Waals surface area contributed by atoms with Gasteiger partial charge in [-0.1, -0.05) is 25.1 Å². The van der Waals surface area contributed by atoms with Gasteiger partial charge in [0.2, 0.25) is 0 Å². The van der Waals surface area contributed by atoms with Gasteiger partial charge in [0.1, 0.15) is 17.7 Å². The van der Waals surface area contributed by atoms with E-state index in [1.807, 2.05) is 31.2 Å². The monoisotopic (exact) mass is 406 g/mol. The lowest BCUT2D eigenvalue weighted by atomic mass is 10.1. The van der Waals surface area contributed by atoms with Gasteiger partial charge in [-0.15, -0.1) is 0 Å². The highest BCUT2D eigenvalue weighted by Crippen LogP contribution is 2.32. The summed E-state index contributed by atoms with van der Waals surface area (Å²) in [5, 5.41) is 21.1. The summed E-state index contributed by atoms with van der Waals surface area (Å²) < 4.78 is 0. The van der Waals surface area contributed by atoms with Crippen LogP contribution in [-0.4, -0.2) is 63.3 Å². The number of amides is 1. The lowest BCUT2D eigenvalue weighted by molar-refractivity contribution is -0.140. The molecule has 1 amide bonds. The molecule has 2 aromatic carbocycles. The molecule has 0 spiro atoms. The summed E-state index contributed by atoms with van der Waals surface area (Å²) in [6, 6.07) is 13.1. The molecule has 4 rings (SSSR count). The minimum Gasteiger partial charge on any atom is -0.507 e. The largest absolute Gasteiger partial charge is 0.507 e. The number of phenolic OH excluding ortho intramolecular Hbond substituents is 1. The van der Waals surface area contributed by atoms with E-state index in [1.54, 1.807) is 30.0 Å². The van der Waals surface area contributed by atoms with E-state index >= 15 is 0 Å². The van der Waals surface area contributed by atoms with Crippen molar-refractivity contribution in [2.75, 3.05) is 31.1 Å².